The third-order valence-corrected chi connectivity index (χ3v) is 12.3. The van der Waals surface area contributed by atoms with Crippen LogP contribution in [0.1, 0.15) is 194 Å². The van der Waals surface area contributed by atoms with Crippen molar-refractivity contribution in [1.82, 2.24) is 5.32 Å². The maximum Gasteiger partial charge on any atom is 0.472 e. The third-order valence-electron chi connectivity index (χ3n) is 11.3. The van der Waals surface area contributed by atoms with Crippen molar-refractivity contribution in [3.63, 3.8) is 0 Å². The molecule has 0 aromatic carbocycles. The summed E-state index contributed by atoms with van der Waals surface area (Å²) < 4.78 is 22.8. The third kappa shape index (κ3) is 27.5. The molecule has 14 heteroatoms. The van der Waals surface area contributed by atoms with E-state index < -0.39 is 75.2 Å². The van der Waals surface area contributed by atoms with Gasteiger partial charge in [-0.15, -0.1) is 0 Å². The molecule has 0 saturated heterocycles. The van der Waals surface area contributed by atoms with Crippen molar-refractivity contribution in [2.75, 3.05) is 6.61 Å². The number of phosphoric ester groups is 1. The van der Waals surface area contributed by atoms with Crippen LogP contribution in [0.15, 0.2) is 24.3 Å². The number of nitrogens with one attached hydrogen (secondary N) is 1. The van der Waals surface area contributed by atoms with E-state index >= 15 is 0 Å². The summed E-state index contributed by atoms with van der Waals surface area (Å²) in [5, 5.41) is 74.3. The van der Waals surface area contributed by atoms with E-state index in [9.17, 15) is 50.0 Å². The fourth-order valence-corrected chi connectivity index (χ4v) is 8.38. The first-order valence-corrected chi connectivity index (χ1v) is 24.9. The first kappa shape index (κ1) is 55.8. The monoisotopic (exact) mass is 864 g/mol. The number of hydrogen-bond donors (Lipinski definition) is 9. The van der Waals surface area contributed by atoms with Crippen LogP contribution < -0.4 is 5.32 Å². The Morgan fingerprint density at radius 1 is 0.593 bits per heavy atom. The Kier molecular flexibility index (Phi) is 33.3. The van der Waals surface area contributed by atoms with Crippen LogP contribution in [0.2, 0.25) is 0 Å². The van der Waals surface area contributed by atoms with Crippen molar-refractivity contribution in [1.29, 1.82) is 0 Å². The molecular formula is C45H86NO12P. The standard InChI is InChI=1S/C45H86NO12P/c1-3-5-7-9-11-13-15-16-17-18-19-20-21-22-23-24-26-28-30-32-36(47)34-39(49)46-37(38(48)33-31-29-27-25-14-12-10-8-6-4-2)35-57-59(55,56)58-45-43(53)41(51)40(50)42(52)44(45)54/h20-21,31,33,36-38,40-45,47-48,50-54H,3-19,22-30,32,34-35H2,1-2H3,(H,46,49)(H,55,56)/b21-20-,33-31+. The van der Waals surface area contributed by atoms with Crippen LogP contribution >= 0.6 is 7.82 Å². The number of hydrogen-bond acceptors (Lipinski definition) is 11. The van der Waals surface area contributed by atoms with Gasteiger partial charge in [-0.1, -0.05) is 167 Å². The zero-order valence-corrected chi connectivity index (χ0v) is 37.6. The van der Waals surface area contributed by atoms with Crippen LogP contribution in [0.3, 0.4) is 0 Å². The molecule has 1 aliphatic rings. The summed E-state index contributed by atoms with van der Waals surface area (Å²) in [5.41, 5.74) is 0. The lowest BCUT2D eigenvalue weighted by Crippen LogP contribution is -2.64. The zero-order chi connectivity index (χ0) is 43.7. The van der Waals surface area contributed by atoms with Gasteiger partial charge in [0.1, 0.15) is 36.6 Å². The van der Waals surface area contributed by atoms with Crippen LogP contribution in [0.5, 0.6) is 0 Å². The fraction of sp³-hybridized carbons (Fsp3) is 0.889. The predicted molar refractivity (Wildman–Crippen MR) is 234 cm³/mol. The minimum Gasteiger partial charge on any atom is -0.393 e. The highest BCUT2D eigenvalue weighted by molar-refractivity contribution is 7.47. The molecule has 8 unspecified atom stereocenters. The van der Waals surface area contributed by atoms with Gasteiger partial charge in [0.05, 0.1) is 31.3 Å². The summed E-state index contributed by atoms with van der Waals surface area (Å²) in [5.74, 6) is -0.599. The second-order valence-corrected chi connectivity index (χ2v) is 18.2. The van der Waals surface area contributed by atoms with Gasteiger partial charge >= 0.3 is 7.82 Å². The first-order valence-electron chi connectivity index (χ1n) is 23.4. The van der Waals surface area contributed by atoms with E-state index in [4.69, 9.17) is 9.05 Å². The molecule has 0 bridgehead atoms. The van der Waals surface area contributed by atoms with E-state index in [0.29, 0.717) is 12.8 Å². The molecule has 9 N–H and O–H groups in total. The molecule has 1 amide bonds. The zero-order valence-electron chi connectivity index (χ0n) is 36.7. The summed E-state index contributed by atoms with van der Waals surface area (Å²) in [7, 11) is -5.14. The van der Waals surface area contributed by atoms with Crippen molar-refractivity contribution < 1.29 is 59.0 Å². The minimum atomic E-state index is -5.14. The highest BCUT2D eigenvalue weighted by Crippen LogP contribution is 2.47. The number of phosphoric acid groups is 1. The average Bonchev–Trinajstić information content (AvgIpc) is 3.21. The van der Waals surface area contributed by atoms with Gasteiger partial charge in [0, 0.05) is 0 Å². The van der Waals surface area contributed by atoms with Gasteiger partial charge in [0.15, 0.2) is 0 Å². The SMILES string of the molecule is CCCCCCCCCC/C=C/C(O)C(COP(=O)(O)OC1C(O)C(O)C(O)C(O)C1O)NC(=O)CC(O)CCCCCCC/C=C\CCCCCCCCCCCC. The summed E-state index contributed by atoms with van der Waals surface area (Å²) >= 11 is 0. The molecule has 0 aromatic heterocycles. The van der Waals surface area contributed by atoms with Gasteiger partial charge in [-0.25, -0.2) is 4.57 Å². The van der Waals surface area contributed by atoms with Gasteiger partial charge in [0.2, 0.25) is 5.91 Å². The molecule has 348 valence electrons. The Balaban J connectivity index is 2.48. The van der Waals surface area contributed by atoms with Gasteiger partial charge in [-0.05, 0) is 44.9 Å². The van der Waals surface area contributed by atoms with Crippen LogP contribution in [-0.2, 0) is 18.4 Å². The first-order chi connectivity index (χ1) is 28.3. The summed E-state index contributed by atoms with van der Waals surface area (Å²) in [6.45, 7) is 3.70. The number of aliphatic hydroxyl groups is 7. The molecule has 0 aliphatic heterocycles. The second kappa shape index (κ2) is 35.3. The van der Waals surface area contributed by atoms with Crippen LogP contribution in [0, 0.1) is 0 Å². The lowest BCUT2D eigenvalue weighted by molar-refractivity contribution is -0.220. The van der Waals surface area contributed by atoms with Crippen LogP contribution in [0.25, 0.3) is 0 Å². The molecule has 0 heterocycles. The van der Waals surface area contributed by atoms with Gasteiger partial charge in [0.25, 0.3) is 0 Å². The Hall–Kier alpha value is -1.22. The molecule has 0 radical (unpaired) electrons. The number of carbonyl (C=O) groups excluding carboxylic acids is 1. The quantitative estimate of drug-likeness (QED) is 0.0166. The fourth-order valence-electron chi connectivity index (χ4n) is 7.41. The van der Waals surface area contributed by atoms with E-state index in [-0.39, 0.29) is 6.42 Å². The van der Waals surface area contributed by atoms with E-state index in [1.807, 2.05) is 0 Å². The molecular weight excluding hydrogens is 777 g/mol. The lowest BCUT2D eigenvalue weighted by atomic mass is 9.85. The minimum absolute atomic E-state index is 0.249. The van der Waals surface area contributed by atoms with Crippen molar-refractivity contribution >= 4 is 13.7 Å². The average molecular weight is 864 g/mol. The van der Waals surface area contributed by atoms with Crippen LogP contribution in [0.4, 0.5) is 0 Å². The number of unbranched alkanes of at least 4 members (excludes halogenated alkanes) is 23. The van der Waals surface area contributed by atoms with Gasteiger partial charge in [-0.3, -0.25) is 13.8 Å². The maximum atomic E-state index is 13.0. The Morgan fingerprint density at radius 2 is 0.983 bits per heavy atom. The molecule has 8 atom stereocenters. The van der Waals surface area contributed by atoms with Crippen molar-refractivity contribution in [2.24, 2.45) is 0 Å². The molecule has 59 heavy (non-hydrogen) atoms. The summed E-state index contributed by atoms with van der Waals surface area (Å²) in [6.07, 6.45) is 24.3. The van der Waals surface area contributed by atoms with Crippen molar-refractivity contribution in [2.45, 2.75) is 249 Å². The molecule has 13 nitrogen and oxygen atoms in total. The topological polar surface area (TPSA) is 226 Å². The number of rotatable bonds is 38. The Labute approximate surface area is 356 Å². The van der Waals surface area contributed by atoms with E-state index in [2.05, 4.69) is 31.3 Å². The summed E-state index contributed by atoms with van der Waals surface area (Å²) in [6, 6.07) is -1.24. The Bertz CT molecular complexity index is 1110. The lowest BCUT2D eigenvalue weighted by Gasteiger charge is -2.41. The molecule has 1 saturated carbocycles. The van der Waals surface area contributed by atoms with Crippen molar-refractivity contribution in [3.05, 3.63) is 24.3 Å². The molecule has 0 spiro atoms. The number of allylic oxidation sites excluding steroid dienone is 3. The highest BCUT2D eigenvalue weighted by atomic mass is 31.2. The normalized spacial score (nSPS) is 23.8. The van der Waals surface area contributed by atoms with Crippen molar-refractivity contribution in [3.8, 4) is 0 Å². The highest BCUT2D eigenvalue weighted by Gasteiger charge is 2.51. The smallest absolute Gasteiger partial charge is 0.393 e. The molecule has 1 aliphatic carbocycles. The molecule has 1 fully saturated rings. The molecule has 0 aromatic rings. The van der Waals surface area contributed by atoms with E-state index in [1.165, 1.54) is 102 Å². The largest absolute Gasteiger partial charge is 0.472 e. The number of carbonyl (C=O) groups is 1. The second-order valence-electron chi connectivity index (χ2n) is 16.8. The van der Waals surface area contributed by atoms with Crippen LogP contribution in [-0.4, -0.2) is 108 Å². The van der Waals surface area contributed by atoms with E-state index in [1.54, 1.807) is 6.08 Å². The van der Waals surface area contributed by atoms with Gasteiger partial charge < -0.3 is 46.0 Å². The van der Waals surface area contributed by atoms with Gasteiger partial charge in [-0.2, -0.15) is 0 Å². The Morgan fingerprint density at radius 3 is 1.44 bits per heavy atom. The maximum absolute atomic E-state index is 13.0. The summed E-state index contributed by atoms with van der Waals surface area (Å²) in [4.78, 5) is 23.4. The predicted octanol–water partition coefficient (Wildman–Crippen LogP) is 7.59. The molecule has 1 rings (SSSR count). The number of amides is 1. The van der Waals surface area contributed by atoms with E-state index in [0.717, 1.165) is 64.2 Å². The number of aliphatic hydroxyl groups excluding tert-OH is 7.